The van der Waals surface area contributed by atoms with Crippen molar-refractivity contribution in [1.82, 2.24) is 0 Å². The first-order chi connectivity index (χ1) is 41.2. The Kier molecular flexibility index (Phi) is 61.2. The Morgan fingerprint density at radius 1 is 0.345 bits per heavy atom. The van der Waals surface area contributed by atoms with E-state index >= 15 is 0 Å². The SMILES string of the molecule is CC/C=C\C/C=C\C/C=C\C/C=C\C/C=C\CCCCCC(=O)OCC(COP(=O)(O)OCC(CO)OC(=O)CCCCCCCCCCC/C=C\CCCCCCCC)OC(=O)CCCCC/C=C\C/C=C\C/C=C\C/C=C\C/C=C\CC. The highest BCUT2D eigenvalue weighted by atomic mass is 31.2. The van der Waals surface area contributed by atoms with Gasteiger partial charge in [0.25, 0.3) is 0 Å². The normalized spacial score (nSPS) is 14.1. The molecule has 0 aliphatic rings. The Labute approximate surface area is 512 Å². The first kappa shape index (κ1) is 79.6. The average Bonchev–Trinajstić information content (AvgIpc) is 3.55. The van der Waals surface area contributed by atoms with Crippen LogP contribution < -0.4 is 0 Å². The summed E-state index contributed by atoms with van der Waals surface area (Å²) >= 11 is 0. The van der Waals surface area contributed by atoms with Crippen LogP contribution in [-0.4, -0.2) is 66.5 Å². The van der Waals surface area contributed by atoms with E-state index in [0.29, 0.717) is 19.3 Å². The van der Waals surface area contributed by atoms with Crippen molar-refractivity contribution in [3.63, 3.8) is 0 Å². The molecule has 12 heteroatoms. The van der Waals surface area contributed by atoms with Gasteiger partial charge < -0.3 is 24.2 Å². The van der Waals surface area contributed by atoms with E-state index in [9.17, 15) is 28.9 Å². The van der Waals surface area contributed by atoms with Crippen LogP contribution in [0.5, 0.6) is 0 Å². The third-order valence-electron chi connectivity index (χ3n) is 13.5. The second-order valence-electron chi connectivity index (χ2n) is 21.5. The molecular formula is C72H119O11P. The summed E-state index contributed by atoms with van der Waals surface area (Å²) in [5, 5.41) is 9.87. The van der Waals surface area contributed by atoms with Gasteiger partial charge >= 0.3 is 25.7 Å². The number of unbranched alkanes of at least 4 members (excludes halogenated alkanes) is 21. The van der Waals surface area contributed by atoms with E-state index in [1.807, 2.05) is 0 Å². The summed E-state index contributed by atoms with van der Waals surface area (Å²) in [6.45, 7) is 4.35. The van der Waals surface area contributed by atoms with E-state index in [4.69, 9.17) is 23.3 Å². The molecule has 2 N–H and O–H groups in total. The Morgan fingerprint density at radius 3 is 0.976 bits per heavy atom. The Hall–Kier alpha value is -4.38. The number of hydrogen-bond acceptors (Lipinski definition) is 10. The lowest BCUT2D eigenvalue weighted by Gasteiger charge is -2.21. The Morgan fingerprint density at radius 2 is 0.619 bits per heavy atom. The minimum Gasteiger partial charge on any atom is -0.462 e. The zero-order valence-corrected chi connectivity index (χ0v) is 54.0. The molecule has 11 nitrogen and oxygen atoms in total. The molecule has 0 amide bonds. The molecule has 0 saturated heterocycles. The molecule has 0 aliphatic heterocycles. The van der Waals surface area contributed by atoms with Crippen molar-refractivity contribution in [3.8, 4) is 0 Å². The number of esters is 3. The van der Waals surface area contributed by atoms with Crippen LogP contribution in [0.25, 0.3) is 0 Å². The van der Waals surface area contributed by atoms with E-state index in [1.165, 1.54) is 83.5 Å². The minimum atomic E-state index is -4.78. The lowest BCUT2D eigenvalue weighted by molar-refractivity contribution is -0.161. The van der Waals surface area contributed by atoms with E-state index in [1.54, 1.807) is 0 Å². The third-order valence-corrected chi connectivity index (χ3v) is 14.5. The van der Waals surface area contributed by atoms with Crippen LogP contribution in [-0.2, 0) is 42.2 Å². The average molecular weight is 1190 g/mol. The zero-order chi connectivity index (χ0) is 61.2. The van der Waals surface area contributed by atoms with Crippen molar-refractivity contribution < 1.29 is 52.2 Å². The molecule has 0 spiro atoms. The fourth-order valence-electron chi connectivity index (χ4n) is 8.58. The number of allylic oxidation sites excluding steroid dienone is 22. The van der Waals surface area contributed by atoms with Crippen LogP contribution in [0.3, 0.4) is 0 Å². The number of aliphatic hydroxyl groups excluding tert-OH is 1. The van der Waals surface area contributed by atoms with Crippen molar-refractivity contribution in [2.75, 3.05) is 26.4 Å². The molecule has 84 heavy (non-hydrogen) atoms. The number of carbonyl (C=O) groups is 3. The summed E-state index contributed by atoms with van der Waals surface area (Å²) in [6, 6.07) is 0. The van der Waals surface area contributed by atoms with Crippen LogP contribution in [0.4, 0.5) is 0 Å². The lowest BCUT2D eigenvalue weighted by atomic mass is 10.1. The van der Waals surface area contributed by atoms with Crippen molar-refractivity contribution in [1.29, 1.82) is 0 Å². The summed E-state index contributed by atoms with van der Waals surface area (Å²) in [6.07, 6.45) is 82.6. The second kappa shape index (κ2) is 64.6. The fourth-order valence-corrected chi connectivity index (χ4v) is 9.36. The topological polar surface area (TPSA) is 155 Å². The molecule has 0 fully saturated rings. The van der Waals surface area contributed by atoms with Gasteiger partial charge in [-0.2, -0.15) is 0 Å². The zero-order valence-electron chi connectivity index (χ0n) is 53.1. The van der Waals surface area contributed by atoms with Crippen LogP contribution in [0.2, 0.25) is 0 Å². The third kappa shape index (κ3) is 62.2. The molecule has 0 heterocycles. The molecule has 0 aromatic carbocycles. The van der Waals surface area contributed by atoms with Gasteiger partial charge in [-0.1, -0.05) is 244 Å². The van der Waals surface area contributed by atoms with Crippen molar-refractivity contribution in [3.05, 3.63) is 134 Å². The second-order valence-corrected chi connectivity index (χ2v) is 23.0. The highest BCUT2D eigenvalue weighted by Gasteiger charge is 2.28. The van der Waals surface area contributed by atoms with Crippen molar-refractivity contribution in [2.45, 2.75) is 277 Å². The number of hydrogen-bond donors (Lipinski definition) is 2. The summed E-state index contributed by atoms with van der Waals surface area (Å²) in [7, 11) is -4.78. The Bertz CT molecular complexity index is 1920. The van der Waals surface area contributed by atoms with Gasteiger partial charge in [0.1, 0.15) is 12.7 Å². The fraction of sp³-hybridized carbons (Fsp3) is 0.653. The largest absolute Gasteiger partial charge is 0.472 e. The predicted octanol–water partition coefficient (Wildman–Crippen LogP) is 20.5. The molecule has 0 bridgehead atoms. The van der Waals surface area contributed by atoms with Gasteiger partial charge in [0, 0.05) is 19.3 Å². The van der Waals surface area contributed by atoms with Gasteiger partial charge in [-0.3, -0.25) is 23.4 Å². The van der Waals surface area contributed by atoms with Crippen LogP contribution >= 0.6 is 7.82 Å². The number of phosphoric ester groups is 1. The molecule has 478 valence electrons. The molecule has 3 atom stereocenters. The van der Waals surface area contributed by atoms with E-state index < -0.39 is 57.8 Å². The van der Waals surface area contributed by atoms with Gasteiger partial charge in [0.05, 0.1) is 19.8 Å². The van der Waals surface area contributed by atoms with Crippen molar-refractivity contribution >= 4 is 25.7 Å². The molecule has 0 aromatic heterocycles. The molecule has 0 aliphatic carbocycles. The number of rotatable bonds is 60. The summed E-state index contributed by atoms with van der Waals surface area (Å²) in [5.41, 5.74) is 0. The predicted molar refractivity (Wildman–Crippen MR) is 353 cm³/mol. The first-order valence-electron chi connectivity index (χ1n) is 33.1. The summed E-state index contributed by atoms with van der Waals surface area (Å²) in [5.74, 6) is -1.55. The molecule has 3 unspecified atom stereocenters. The van der Waals surface area contributed by atoms with Crippen LogP contribution in [0, 0.1) is 0 Å². The number of ether oxygens (including phenoxy) is 3. The standard InChI is InChI=1S/C72H119O11P/c1-4-7-10-13-16-19-22-25-28-31-34-37-40-43-46-49-52-55-58-61-70(74)79-65-69(83-72(76)63-60-57-54-51-48-45-42-39-36-33-30-27-24-21-18-15-12-9-6-3)67-81-84(77,78)80-66-68(64-73)82-71(75)62-59-56-53-50-47-44-41-38-35-32-29-26-23-20-17-14-11-8-5-2/h7,9-10,12,16,18-19,21,25-30,34,36-37,39,43,45-46,48,68-69,73H,4-6,8,11,13-15,17,20,22-24,31-33,35,38,40-42,44,47,49-67H2,1-3H3,(H,77,78)/b10-7-,12-9-,19-16-,21-18-,28-25-,29-26-,30-27-,37-34-,39-36-,46-43-,48-45-. The highest BCUT2D eigenvalue weighted by Crippen LogP contribution is 2.43. The Balaban J connectivity index is 4.80. The van der Waals surface area contributed by atoms with Gasteiger partial charge in [-0.05, 0) is 135 Å². The minimum absolute atomic E-state index is 0.114. The highest BCUT2D eigenvalue weighted by molar-refractivity contribution is 7.47. The lowest BCUT2D eigenvalue weighted by Crippen LogP contribution is -2.30. The van der Waals surface area contributed by atoms with E-state index in [-0.39, 0.29) is 25.9 Å². The van der Waals surface area contributed by atoms with Gasteiger partial charge in [0.15, 0.2) is 6.10 Å². The van der Waals surface area contributed by atoms with Crippen LogP contribution in [0.1, 0.15) is 265 Å². The number of carbonyl (C=O) groups excluding carboxylic acids is 3. The maximum atomic E-state index is 13.0. The molecular weight excluding hydrogens is 1070 g/mol. The van der Waals surface area contributed by atoms with Gasteiger partial charge in [0.2, 0.25) is 0 Å². The van der Waals surface area contributed by atoms with E-state index in [2.05, 4.69) is 154 Å². The smallest absolute Gasteiger partial charge is 0.462 e. The summed E-state index contributed by atoms with van der Waals surface area (Å²) in [4.78, 5) is 48.8. The monoisotopic (exact) mass is 1190 g/mol. The molecule has 0 rings (SSSR count). The molecule has 0 saturated carbocycles. The quantitative estimate of drug-likeness (QED) is 0.0197. The van der Waals surface area contributed by atoms with Crippen molar-refractivity contribution in [2.24, 2.45) is 0 Å². The number of aliphatic hydroxyl groups is 1. The molecule has 0 aromatic rings. The van der Waals surface area contributed by atoms with Gasteiger partial charge in [-0.25, -0.2) is 4.57 Å². The number of phosphoric acid groups is 1. The maximum absolute atomic E-state index is 13.0. The first-order valence-corrected chi connectivity index (χ1v) is 34.6. The van der Waals surface area contributed by atoms with Gasteiger partial charge in [-0.15, -0.1) is 0 Å². The van der Waals surface area contributed by atoms with E-state index in [0.717, 1.165) is 122 Å². The van der Waals surface area contributed by atoms with Crippen LogP contribution in [0.15, 0.2) is 134 Å². The maximum Gasteiger partial charge on any atom is 0.472 e. The summed E-state index contributed by atoms with van der Waals surface area (Å²) < 4.78 is 39.7. The molecule has 0 radical (unpaired) electrons.